The predicted octanol–water partition coefficient (Wildman–Crippen LogP) is 2.72. The van der Waals surface area contributed by atoms with Crippen LogP contribution in [0.3, 0.4) is 0 Å². The molecule has 114 valence electrons. The molecule has 20 heavy (non-hydrogen) atoms. The lowest BCUT2D eigenvalue weighted by Crippen LogP contribution is -2.43. The van der Waals surface area contributed by atoms with Crippen LogP contribution in [0, 0.1) is 0 Å². The normalized spacial score (nSPS) is 13.0. The number of rotatable bonds is 6. The van der Waals surface area contributed by atoms with Gasteiger partial charge in [0.2, 0.25) is 0 Å². The molecule has 1 heterocycles. The molecule has 0 aliphatic heterocycles. The molecular formula is C14H25N3O2S. The maximum atomic E-state index is 11.7. The van der Waals surface area contributed by atoms with E-state index in [2.05, 4.69) is 10.6 Å². The van der Waals surface area contributed by atoms with Crippen LogP contribution in [0.4, 0.5) is 10.5 Å². The van der Waals surface area contributed by atoms with Gasteiger partial charge in [0.05, 0.1) is 0 Å². The molecule has 1 atom stereocenters. The van der Waals surface area contributed by atoms with Gasteiger partial charge >= 0.3 is 6.09 Å². The van der Waals surface area contributed by atoms with Crippen LogP contribution in [0.15, 0.2) is 11.4 Å². The van der Waals surface area contributed by atoms with Gasteiger partial charge in [-0.15, -0.1) is 11.3 Å². The molecular weight excluding hydrogens is 274 g/mol. The van der Waals surface area contributed by atoms with Gasteiger partial charge in [0.1, 0.15) is 5.60 Å². The first-order valence-corrected chi connectivity index (χ1v) is 7.72. The summed E-state index contributed by atoms with van der Waals surface area (Å²) in [5, 5.41) is 8.15. The van der Waals surface area contributed by atoms with Gasteiger partial charge in [-0.1, -0.05) is 6.92 Å². The Morgan fingerprint density at radius 3 is 2.70 bits per heavy atom. The van der Waals surface area contributed by atoms with Crippen molar-refractivity contribution in [3.05, 3.63) is 16.3 Å². The van der Waals surface area contributed by atoms with E-state index in [0.717, 1.165) is 23.5 Å². The highest BCUT2D eigenvalue weighted by atomic mass is 32.1. The number of alkyl carbamates (subject to hydrolysis) is 1. The lowest BCUT2D eigenvalue weighted by Gasteiger charge is -2.23. The molecule has 0 radical (unpaired) electrons. The van der Waals surface area contributed by atoms with Gasteiger partial charge in [-0.05, 0) is 38.6 Å². The van der Waals surface area contributed by atoms with E-state index in [4.69, 9.17) is 10.5 Å². The molecule has 0 aromatic carbocycles. The Balaban J connectivity index is 2.32. The largest absolute Gasteiger partial charge is 0.444 e. The summed E-state index contributed by atoms with van der Waals surface area (Å²) in [6.07, 6.45) is 0.466. The van der Waals surface area contributed by atoms with Crippen molar-refractivity contribution in [1.82, 2.24) is 10.6 Å². The molecule has 0 fully saturated rings. The molecule has 0 bridgehead atoms. The first-order chi connectivity index (χ1) is 9.31. The highest BCUT2D eigenvalue weighted by Crippen LogP contribution is 2.18. The molecule has 5 nitrogen and oxygen atoms in total. The number of ether oxygens (including phenoxy) is 1. The number of amides is 1. The van der Waals surface area contributed by atoms with E-state index in [9.17, 15) is 4.79 Å². The van der Waals surface area contributed by atoms with Gasteiger partial charge in [-0.2, -0.15) is 0 Å². The van der Waals surface area contributed by atoms with Gasteiger partial charge in [-0.3, -0.25) is 0 Å². The van der Waals surface area contributed by atoms with E-state index in [0.29, 0.717) is 6.54 Å². The summed E-state index contributed by atoms with van der Waals surface area (Å²) in [5.74, 6) is 0. The fraction of sp³-hybridized carbons (Fsp3) is 0.643. The Morgan fingerprint density at radius 1 is 1.50 bits per heavy atom. The van der Waals surface area contributed by atoms with Gasteiger partial charge in [0, 0.05) is 29.7 Å². The second kappa shape index (κ2) is 7.50. The highest BCUT2D eigenvalue weighted by Gasteiger charge is 2.18. The summed E-state index contributed by atoms with van der Waals surface area (Å²) in [6, 6.07) is 1.95. The smallest absolute Gasteiger partial charge is 0.407 e. The van der Waals surface area contributed by atoms with Crippen molar-refractivity contribution in [2.24, 2.45) is 0 Å². The number of hydrogen-bond acceptors (Lipinski definition) is 5. The van der Waals surface area contributed by atoms with E-state index >= 15 is 0 Å². The third-order valence-corrected chi connectivity index (χ3v) is 3.61. The number of anilines is 1. The maximum absolute atomic E-state index is 11.7. The molecule has 6 heteroatoms. The highest BCUT2D eigenvalue weighted by molar-refractivity contribution is 7.10. The minimum absolute atomic E-state index is 0.0473. The molecule has 4 N–H and O–H groups in total. The van der Waals surface area contributed by atoms with E-state index in [1.807, 2.05) is 39.1 Å². The molecule has 1 unspecified atom stereocenters. The van der Waals surface area contributed by atoms with Gasteiger partial charge in [-0.25, -0.2) is 4.79 Å². The molecule has 0 aliphatic rings. The summed E-state index contributed by atoms with van der Waals surface area (Å²) in [7, 11) is 0. The predicted molar refractivity (Wildman–Crippen MR) is 83.9 cm³/mol. The van der Waals surface area contributed by atoms with Crippen LogP contribution in [-0.2, 0) is 11.3 Å². The fourth-order valence-electron chi connectivity index (χ4n) is 1.63. The third kappa shape index (κ3) is 6.25. The minimum Gasteiger partial charge on any atom is -0.444 e. The Labute approximate surface area is 124 Å². The zero-order valence-electron chi connectivity index (χ0n) is 12.7. The van der Waals surface area contributed by atoms with Crippen molar-refractivity contribution >= 4 is 23.1 Å². The summed E-state index contributed by atoms with van der Waals surface area (Å²) in [5.41, 5.74) is 6.17. The summed E-state index contributed by atoms with van der Waals surface area (Å²) in [6.45, 7) is 8.99. The van der Waals surface area contributed by atoms with Gasteiger partial charge < -0.3 is 21.1 Å². The molecule has 1 amide bonds. The summed E-state index contributed by atoms with van der Waals surface area (Å²) in [4.78, 5) is 12.8. The Morgan fingerprint density at radius 2 is 2.20 bits per heavy atom. The standard InChI is InChI=1S/C14H25N3O2S/c1-5-10(17-13(18)19-14(2,3)4)8-16-9-12-11(15)6-7-20-12/h6-7,10,16H,5,8-9,15H2,1-4H3,(H,17,18). The number of carbonyl (C=O) groups excluding carboxylic acids is 1. The van der Waals surface area contributed by atoms with Crippen LogP contribution < -0.4 is 16.4 Å². The second-order valence-electron chi connectivity index (χ2n) is 5.68. The molecule has 0 saturated heterocycles. The number of hydrogen-bond donors (Lipinski definition) is 3. The van der Waals surface area contributed by atoms with Crippen LogP contribution in [0.1, 0.15) is 39.0 Å². The van der Waals surface area contributed by atoms with E-state index in [1.165, 1.54) is 0 Å². The van der Waals surface area contributed by atoms with Crippen LogP contribution in [0.2, 0.25) is 0 Å². The number of nitrogen functional groups attached to an aromatic ring is 1. The van der Waals surface area contributed by atoms with E-state index in [1.54, 1.807) is 11.3 Å². The topological polar surface area (TPSA) is 76.4 Å². The monoisotopic (exact) mass is 299 g/mol. The Hall–Kier alpha value is -1.27. The lowest BCUT2D eigenvalue weighted by atomic mass is 10.2. The van der Waals surface area contributed by atoms with Crippen molar-refractivity contribution in [1.29, 1.82) is 0 Å². The number of nitrogens with one attached hydrogen (secondary N) is 2. The molecule has 1 aromatic rings. The zero-order chi connectivity index (χ0) is 15.2. The lowest BCUT2D eigenvalue weighted by molar-refractivity contribution is 0.0502. The molecule has 0 aliphatic carbocycles. The van der Waals surface area contributed by atoms with Crippen molar-refractivity contribution < 1.29 is 9.53 Å². The zero-order valence-corrected chi connectivity index (χ0v) is 13.5. The first kappa shape index (κ1) is 16.8. The average Bonchev–Trinajstić information content (AvgIpc) is 2.71. The minimum atomic E-state index is -0.471. The van der Waals surface area contributed by atoms with Crippen LogP contribution >= 0.6 is 11.3 Å². The number of carbonyl (C=O) groups is 1. The molecule has 1 rings (SSSR count). The van der Waals surface area contributed by atoms with Gasteiger partial charge in [0.25, 0.3) is 0 Å². The SMILES string of the molecule is CCC(CNCc1sccc1N)NC(=O)OC(C)(C)C. The van der Waals surface area contributed by atoms with Crippen molar-refractivity contribution in [3.8, 4) is 0 Å². The fourth-order valence-corrected chi connectivity index (χ4v) is 2.39. The van der Waals surface area contributed by atoms with Crippen molar-refractivity contribution in [2.45, 2.75) is 52.3 Å². The Bertz CT molecular complexity index is 426. The molecule has 1 aromatic heterocycles. The number of thiophene rings is 1. The van der Waals surface area contributed by atoms with E-state index in [-0.39, 0.29) is 12.1 Å². The average molecular weight is 299 g/mol. The third-order valence-electron chi connectivity index (χ3n) is 2.67. The van der Waals surface area contributed by atoms with E-state index < -0.39 is 5.60 Å². The quantitative estimate of drug-likeness (QED) is 0.755. The summed E-state index contributed by atoms with van der Waals surface area (Å²) >= 11 is 1.63. The van der Waals surface area contributed by atoms with Gasteiger partial charge in [0.15, 0.2) is 0 Å². The van der Waals surface area contributed by atoms with Crippen LogP contribution in [0.25, 0.3) is 0 Å². The molecule has 0 spiro atoms. The van der Waals surface area contributed by atoms with Crippen molar-refractivity contribution in [2.75, 3.05) is 12.3 Å². The van der Waals surface area contributed by atoms with Crippen LogP contribution in [0.5, 0.6) is 0 Å². The Kier molecular flexibility index (Phi) is 6.29. The molecule has 0 saturated carbocycles. The summed E-state index contributed by atoms with van der Waals surface area (Å²) < 4.78 is 5.25. The maximum Gasteiger partial charge on any atom is 0.407 e. The van der Waals surface area contributed by atoms with Crippen LogP contribution in [-0.4, -0.2) is 24.3 Å². The second-order valence-corrected chi connectivity index (χ2v) is 6.68. The first-order valence-electron chi connectivity index (χ1n) is 6.84. The van der Waals surface area contributed by atoms with Crippen molar-refractivity contribution in [3.63, 3.8) is 0 Å². The number of nitrogens with two attached hydrogens (primary N) is 1.